The SMILES string of the molecule is CCc1ccc(-c2csc(C3CCNCC3)n2)s1. The van der Waals surface area contributed by atoms with Crippen LogP contribution >= 0.6 is 22.7 Å². The zero-order chi connectivity index (χ0) is 12.4. The van der Waals surface area contributed by atoms with Gasteiger partial charge in [0.25, 0.3) is 0 Å². The van der Waals surface area contributed by atoms with Gasteiger partial charge < -0.3 is 5.32 Å². The van der Waals surface area contributed by atoms with Crippen molar-refractivity contribution in [2.75, 3.05) is 13.1 Å². The topological polar surface area (TPSA) is 24.9 Å². The highest BCUT2D eigenvalue weighted by Crippen LogP contribution is 2.34. The van der Waals surface area contributed by atoms with Gasteiger partial charge in [-0.05, 0) is 44.5 Å². The number of nitrogens with zero attached hydrogens (tertiary/aromatic N) is 1. The van der Waals surface area contributed by atoms with Gasteiger partial charge in [0.15, 0.2) is 0 Å². The fourth-order valence-corrected chi connectivity index (χ4v) is 4.34. The molecule has 2 aromatic rings. The summed E-state index contributed by atoms with van der Waals surface area (Å²) in [6.07, 6.45) is 3.59. The first-order valence-corrected chi connectivity index (χ1v) is 8.31. The van der Waals surface area contributed by atoms with Crippen molar-refractivity contribution in [3.63, 3.8) is 0 Å². The number of thiazole rings is 1. The van der Waals surface area contributed by atoms with Gasteiger partial charge >= 0.3 is 0 Å². The van der Waals surface area contributed by atoms with E-state index in [4.69, 9.17) is 4.98 Å². The summed E-state index contributed by atoms with van der Waals surface area (Å²) >= 11 is 3.71. The summed E-state index contributed by atoms with van der Waals surface area (Å²) in [5.41, 5.74) is 1.18. The summed E-state index contributed by atoms with van der Waals surface area (Å²) in [5.74, 6) is 0.676. The van der Waals surface area contributed by atoms with Crippen molar-refractivity contribution in [2.45, 2.75) is 32.1 Å². The lowest BCUT2D eigenvalue weighted by Crippen LogP contribution is -2.26. The molecule has 0 aliphatic carbocycles. The van der Waals surface area contributed by atoms with Crippen LogP contribution in [0.3, 0.4) is 0 Å². The van der Waals surface area contributed by atoms with Crippen LogP contribution in [0.4, 0.5) is 0 Å². The van der Waals surface area contributed by atoms with Crippen LogP contribution in [-0.2, 0) is 6.42 Å². The maximum atomic E-state index is 4.85. The van der Waals surface area contributed by atoms with Crippen molar-refractivity contribution in [1.29, 1.82) is 0 Å². The molecule has 0 bridgehead atoms. The number of thiophene rings is 1. The third-order valence-electron chi connectivity index (χ3n) is 3.47. The van der Waals surface area contributed by atoms with Crippen molar-refractivity contribution in [3.8, 4) is 10.6 Å². The predicted octanol–water partition coefficient (Wildman–Crippen LogP) is 3.90. The lowest BCUT2D eigenvalue weighted by molar-refractivity contribution is 0.459. The minimum Gasteiger partial charge on any atom is -0.317 e. The molecule has 0 saturated carbocycles. The van der Waals surface area contributed by atoms with E-state index in [-0.39, 0.29) is 0 Å². The quantitative estimate of drug-likeness (QED) is 0.921. The lowest BCUT2D eigenvalue weighted by Gasteiger charge is -2.20. The molecule has 1 fully saturated rings. The van der Waals surface area contributed by atoms with Crippen molar-refractivity contribution in [3.05, 3.63) is 27.4 Å². The number of hydrogen-bond donors (Lipinski definition) is 1. The maximum absolute atomic E-state index is 4.85. The Morgan fingerprint density at radius 2 is 2.17 bits per heavy atom. The molecular weight excluding hydrogens is 260 g/mol. The highest BCUT2D eigenvalue weighted by molar-refractivity contribution is 7.16. The summed E-state index contributed by atoms with van der Waals surface area (Å²) < 4.78 is 0. The van der Waals surface area contributed by atoms with Gasteiger partial charge in [0.1, 0.15) is 0 Å². The number of piperidine rings is 1. The Bertz CT molecular complexity index is 509. The zero-order valence-corrected chi connectivity index (χ0v) is 12.2. The van der Waals surface area contributed by atoms with Crippen molar-refractivity contribution >= 4 is 22.7 Å². The molecule has 0 amide bonds. The van der Waals surface area contributed by atoms with E-state index in [1.165, 1.54) is 33.3 Å². The fourth-order valence-electron chi connectivity index (χ4n) is 2.36. The van der Waals surface area contributed by atoms with Crippen LogP contribution in [-0.4, -0.2) is 18.1 Å². The summed E-state index contributed by atoms with van der Waals surface area (Å²) in [6, 6.07) is 4.44. The summed E-state index contributed by atoms with van der Waals surface area (Å²) in [4.78, 5) is 7.62. The third-order valence-corrected chi connectivity index (χ3v) is 5.73. The average Bonchev–Trinajstić information content (AvgIpc) is 3.08. The molecule has 1 aliphatic rings. The fraction of sp³-hybridized carbons (Fsp3) is 0.500. The molecule has 3 rings (SSSR count). The number of aromatic nitrogens is 1. The molecule has 96 valence electrons. The van der Waals surface area contributed by atoms with Gasteiger partial charge in [-0.15, -0.1) is 22.7 Å². The van der Waals surface area contributed by atoms with Crippen LogP contribution in [0.15, 0.2) is 17.5 Å². The second-order valence-corrected chi connectivity index (χ2v) is 6.77. The Balaban J connectivity index is 1.79. The van der Waals surface area contributed by atoms with Crippen molar-refractivity contribution in [1.82, 2.24) is 10.3 Å². The minimum atomic E-state index is 0.676. The maximum Gasteiger partial charge on any atom is 0.0964 e. The minimum absolute atomic E-state index is 0.676. The number of hydrogen-bond acceptors (Lipinski definition) is 4. The van der Waals surface area contributed by atoms with Gasteiger partial charge in [0.2, 0.25) is 0 Å². The first-order chi connectivity index (χ1) is 8.86. The molecular formula is C14H18N2S2. The van der Waals surface area contributed by atoms with E-state index in [0.29, 0.717) is 5.92 Å². The average molecular weight is 278 g/mol. The van der Waals surface area contributed by atoms with Crippen LogP contribution in [0, 0.1) is 0 Å². The van der Waals surface area contributed by atoms with Gasteiger partial charge in [-0.25, -0.2) is 4.98 Å². The Morgan fingerprint density at radius 1 is 1.33 bits per heavy atom. The highest BCUT2D eigenvalue weighted by Gasteiger charge is 2.19. The predicted molar refractivity (Wildman–Crippen MR) is 79.6 cm³/mol. The number of aryl methyl sites for hydroxylation is 1. The second-order valence-electron chi connectivity index (χ2n) is 4.71. The summed E-state index contributed by atoms with van der Waals surface area (Å²) in [5, 5.41) is 6.97. The van der Waals surface area contributed by atoms with Crippen LogP contribution < -0.4 is 5.32 Å². The Kier molecular flexibility index (Phi) is 3.77. The molecule has 1 saturated heterocycles. The molecule has 18 heavy (non-hydrogen) atoms. The van der Waals surface area contributed by atoms with E-state index in [9.17, 15) is 0 Å². The molecule has 0 atom stereocenters. The molecule has 3 heterocycles. The van der Waals surface area contributed by atoms with Crippen molar-refractivity contribution in [2.24, 2.45) is 0 Å². The molecule has 1 aliphatic heterocycles. The third kappa shape index (κ3) is 2.51. The first-order valence-electron chi connectivity index (χ1n) is 6.62. The Labute approximate surface area is 116 Å². The molecule has 1 N–H and O–H groups in total. The van der Waals surface area contributed by atoms with E-state index >= 15 is 0 Å². The Morgan fingerprint density at radius 3 is 2.89 bits per heavy atom. The van der Waals surface area contributed by atoms with Gasteiger partial charge in [0.05, 0.1) is 15.6 Å². The van der Waals surface area contributed by atoms with Gasteiger partial charge in [-0.2, -0.15) is 0 Å². The Hall–Kier alpha value is -0.710. The van der Waals surface area contributed by atoms with Gasteiger partial charge in [-0.1, -0.05) is 6.92 Å². The standard InChI is InChI=1S/C14H18N2S2/c1-2-11-3-4-13(18-11)12-9-17-14(16-12)10-5-7-15-8-6-10/h3-4,9-10,15H,2,5-8H2,1H3. The molecule has 2 nitrogen and oxygen atoms in total. The van der Waals surface area contributed by atoms with Gasteiger partial charge in [-0.3, -0.25) is 0 Å². The first kappa shape index (κ1) is 12.3. The monoisotopic (exact) mass is 278 g/mol. The molecule has 4 heteroatoms. The molecule has 0 radical (unpaired) electrons. The summed E-state index contributed by atoms with van der Waals surface area (Å²) in [6.45, 7) is 4.48. The molecule has 2 aromatic heterocycles. The zero-order valence-electron chi connectivity index (χ0n) is 10.6. The van der Waals surface area contributed by atoms with Gasteiger partial charge in [0, 0.05) is 16.2 Å². The number of rotatable bonds is 3. The van der Waals surface area contributed by atoms with Crippen LogP contribution in [0.25, 0.3) is 10.6 Å². The van der Waals surface area contributed by atoms with Crippen molar-refractivity contribution < 1.29 is 0 Å². The second kappa shape index (κ2) is 5.51. The van der Waals surface area contributed by atoms with Crippen LogP contribution in [0.1, 0.15) is 35.6 Å². The van der Waals surface area contributed by atoms with E-state index < -0.39 is 0 Å². The lowest BCUT2D eigenvalue weighted by atomic mass is 9.99. The molecule has 0 unspecified atom stereocenters. The number of nitrogens with one attached hydrogen (secondary N) is 1. The van der Waals surface area contributed by atoms with E-state index in [2.05, 4.69) is 29.8 Å². The normalized spacial score (nSPS) is 17.2. The van der Waals surface area contributed by atoms with Crippen LogP contribution in [0.5, 0.6) is 0 Å². The highest BCUT2D eigenvalue weighted by atomic mass is 32.1. The largest absolute Gasteiger partial charge is 0.317 e. The van der Waals surface area contributed by atoms with E-state index in [1.807, 2.05) is 22.7 Å². The smallest absolute Gasteiger partial charge is 0.0964 e. The van der Waals surface area contributed by atoms with E-state index in [1.54, 1.807) is 0 Å². The summed E-state index contributed by atoms with van der Waals surface area (Å²) in [7, 11) is 0. The molecule has 0 aromatic carbocycles. The van der Waals surface area contributed by atoms with E-state index in [0.717, 1.165) is 19.5 Å². The molecule has 0 spiro atoms. The van der Waals surface area contributed by atoms with Crippen LogP contribution in [0.2, 0.25) is 0 Å².